The van der Waals surface area contributed by atoms with Crippen molar-refractivity contribution in [2.75, 3.05) is 32.6 Å². The van der Waals surface area contributed by atoms with E-state index in [0.717, 1.165) is 20.8 Å². The number of nitrogens with one attached hydrogen (secondary N) is 6. The lowest BCUT2D eigenvalue weighted by molar-refractivity contribution is -0.320. The molecule has 0 aromatic rings. The third-order valence-electron chi connectivity index (χ3n) is 8.67. The molecular weight excluding hydrogens is 776 g/mol. The van der Waals surface area contributed by atoms with E-state index in [9.17, 15) is 74.4 Å². The van der Waals surface area contributed by atoms with Gasteiger partial charge in [0.2, 0.25) is 35.4 Å². The summed E-state index contributed by atoms with van der Waals surface area (Å²) in [5.41, 5.74) is -1.41. The van der Waals surface area contributed by atoms with Crippen LogP contribution in [0.3, 0.4) is 0 Å². The van der Waals surface area contributed by atoms with E-state index in [0.29, 0.717) is 11.8 Å². The van der Waals surface area contributed by atoms with E-state index in [1.165, 1.54) is 14.0 Å². The molecular formula is C31H52N6O18S. The highest BCUT2D eigenvalue weighted by molar-refractivity contribution is 7.99. The molecule has 0 saturated carbocycles. The normalized spacial score (nSPS) is 30.3. The first-order chi connectivity index (χ1) is 26.1. The number of hydrogen-bond donors (Lipinski definition) is 14. The Morgan fingerprint density at radius 2 is 1.41 bits per heavy atom. The lowest BCUT2D eigenvalue weighted by Crippen LogP contribution is -2.68. The van der Waals surface area contributed by atoms with Gasteiger partial charge in [-0.15, -0.1) is 11.8 Å². The Morgan fingerprint density at radius 3 is 1.93 bits per heavy atom. The maximum Gasteiger partial charge on any atom is 0.364 e. The lowest BCUT2D eigenvalue weighted by atomic mass is 9.88. The molecule has 6 amide bonds. The van der Waals surface area contributed by atoms with E-state index in [2.05, 4.69) is 31.9 Å². The molecule has 14 N–H and O–H groups in total. The van der Waals surface area contributed by atoms with Crippen LogP contribution in [0.4, 0.5) is 0 Å². The Morgan fingerprint density at radius 1 is 0.821 bits per heavy atom. The van der Waals surface area contributed by atoms with Gasteiger partial charge in [0.25, 0.3) is 5.79 Å². The van der Waals surface area contributed by atoms with Crippen LogP contribution in [0.1, 0.15) is 34.1 Å². The topological polar surface area (TPSA) is 381 Å². The number of amides is 6. The van der Waals surface area contributed by atoms with E-state index in [-0.39, 0.29) is 0 Å². The van der Waals surface area contributed by atoms with Gasteiger partial charge in [-0.05, 0) is 6.92 Å². The molecule has 2 saturated heterocycles. The Kier molecular flexibility index (Phi) is 18.7. The fourth-order valence-electron chi connectivity index (χ4n) is 5.78. The minimum Gasteiger partial charge on any atom is -0.477 e. The highest BCUT2D eigenvalue weighted by Gasteiger charge is 2.57. The van der Waals surface area contributed by atoms with Crippen LogP contribution in [-0.4, -0.2) is 199 Å². The fourth-order valence-corrected chi connectivity index (χ4v) is 7.05. The second kappa shape index (κ2) is 21.7. The van der Waals surface area contributed by atoms with Crippen LogP contribution >= 0.6 is 11.8 Å². The molecule has 2 rings (SSSR count). The molecule has 0 bridgehead atoms. The standard InChI is InChI=1S/C31H52N6O18S/c1-11(26(48)32-5)33-28(50)16(37-27(49)15(7-38)34-12(2)40)10-56-29-21(36-14(4)42)24(47)23(46)19(54-29)9-53-31(30(51)52)6-17(43)20(35-13(3)41)25(55-31)22(45)18(44)8-39/h11,15-25,29,38-39,43-47H,6-10H2,1-5H3,(H,32,48)(H,33,50)(H,34,40)(H,35,41)(H,36,42)(H,37,49)(H,51,52)/t11-,15-,16-,17-,18+,19+,20+,21+,22+,23-,24+,25+,29+,31+/m0/s1. The maximum absolute atomic E-state index is 13.3. The predicted octanol–water partition coefficient (Wildman–Crippen LogP) is -7.93. The summed E-state index contributed by atoms with van der Waals surface area (Å²) in [6.45, 7) is 1.72. The Balaban J connectivity index is 2.43. The molecule has 0 spiro atoms. The number of aliphatic carboxylic acids is 1. The predicted molar refractivity (Wildman–Crippen MR) is 188 cm³/mol. The van der Waals surface area contributed by atoms with Crippen molar-refractivity contribution in [3.63, 3.8) is 0 Å². The molecule has 25 heteroatoms. The number of hydrogen-bond acceptors (Lipinski definition) is 18. The highest BCUT2D eigenvalue weighted by atomic mass is 32.2. The zero-order chi connectivity index (χ0) is 42.7. The summed E-state index contributed by atoms with van der Waals surface area (Å²) in [6, 6.07) is -7.07. The van der Waals surface area contributed by atoms with Crippen molar-refractivity contribution in [1.29, 1.82) is 0 Å². The van der Waals surface area contributed by atoms with E-state index in [1.807, 2.05) is 0 Å². The molecule has 2 aliphatic rings. The number of aliphatic hydroxyl groups is 7. The zero-order valence-corrected chi connectivity index (χ0v) is 31.9. The fraction of sp³-hybridized carbons (Fsp3) is 0.774. The summed E-state index contributed by atoms with van der Waals surface area (Å²) < 4.78 is 17.1. The number of rotatable bonds is 19. The summed E-state index contributed by atoms with van der Waals surface area (Å²) in [5.74, 6) is -9.83. The number of carboxylic acid groups (broad SMARTS) is 1. The molecule has 0 radical (unpaired) electrons. The SMILES string of the molecule is CNC(=O)[C@H](C)NC(=O)[C@H](CS[C@H]1O[C@H](CO[C@]2(C(=O)O)C[C@H](O)[C@@H](NC(C)=O)[C@H]([C@H](O)[C@H](O)CO)O2)[C@H](O)[C@H](O)[C@H]1NC(C)=O)NC(=O)[C@H](CO)NC(C)=O. The van der Waals surface area contributed by atoms with Crippen molar-refractivity contribution in [1.82, 2.24) is 31.9 Å². The summed E-state index contributed by atoms with van der Waals surface area (Å²) in [6.07, 6.45) is -14.0. The quantitative estimate of drug-likeness (QED) is 0.0575. The van der Waals surface area contributed by atoms with Gasteiger partial charge in [0.05, 0.1) is 38.0 Å². The molecule has 320 valence electrons. The second-order valence-corrected chi connectivity index (χ2v) is 14.2. The number of thioether (sulfide) groups is 1. The van der Waals surface area contributed by atoms with Gasteiger partial charge in [-0.2, -0.15) is 0 Å². The van der Waals surface area contributed by atoms with Crippen molar-refractivity contribution >= 4 is 53.2 Å². The lowest BCUT2D eigenvalue weighted by Gasteiger charge is -2.47. The molecule has 0 aromatic heterocycles. The Bertz CT molecular complexity index is 1410. The van der Waals surface area contributed by atoms with Gasteiger partial charge in [-0.3, -0.25) is 28.8 Å². The summed E-state index contributed by atoms with van der Waals surface area (Å²) in [4.78, 5) is 86.6. The first-order valence-corrected chi connectivity index (χ1v) is 18.3. The average Bonchev–Trinajstić information content (AvgIpc) is 3.13. The first kappa shape index (κ1) is 48.4. The summed E-state index contributed by atoms with van der Waals surface area (Å²) in [5, 5.41) is 97.1. The molecule has 0 aliphatic carbocycles. The monoisotopic (exact) mass is 828 g/mol. The van der Waals surface area contributed by atoms with Gasteiger partial charge in [-0.25, -0.2) is 4.79 Å². The smallest absolute Gasteiger partial charge is 0.364 e. The first-order valence-electron chi connectivity index (χ1n) is 17.2. The van der Waals surface area contributed by atoms with Gasteiger partial charge in [0.15, 0.2) is 0 Å². The van der Waals surface area contributed by atoms with E-state index >= 15 is 0 Å². The van der Waals surface area contributed by atoms with Crippen LogP contribution in [0.2, 0.25) is 0 Å². The van der Waals surface area contributed by atoms with Crippen LogP contribution in [0.25, 0.3) is 0 Å². The van der Waals surface area contributed by atoms with Gasteiger partial charge in [0.1, 0.15) is 60.2 Å². The van der Waals surface area contributed by atoms with Gasteiger partial charge >= 0.3 is 5.97 Å². The van der Waals surface area contributed by atoms with E-state index in [1.54, 1.807) is 0 Å². The van der Waals surface area contributed by atoms with Crippen molar-refractivity contribution in [3.8, 4) is 0 Å². The molecule has 56 heavy (non-hydrogen) atoms. The van der Waals surface area contributed by atoms with E-state index < -0.39 is 158 Å². The van der Waals surface area contributed by atoms with Gasteiger partial charge < -0.3 is 87.0 Å². The molecule has 0 aromatic carbocycles. The van der Waals surface area contributed by atoms with Crippen LogP contribution < -0.4 is 31.9 Å². The molecule has 0 unspecified atom stereocenters. The van der Waals surface area contributed by atoms with Crippen LogP contribution in [0.15, 0.2) is 0 Å². The van der Waals surface area contributed by atoms with Crippen molar-refractivity contribution < 1.29 is 88.6 Å². The third-order valence-corrected chi connectivity index (χ3v) is 9.93. The number of carboxylic acids is 1. The molecule has 14 atom stereocenters. The molecule has 24 nitrogen and oxygen atoms in total. The molecule has 2 heterocycles. The average molecular weight is 829 g/mol. The summed E-state index contributed by atoms with van der Waals surface area (Å²) in [7, 11) is 1.31. The van der Waals surface area contributed by atoms with Gasteiger partial charge in [0, 0.05) is 40.0 Å². The minimum absolute atomic E-state index is 0.445. The van der Waals surface area contributed by atoms with Crippen LogP contribution in [0.5, 0.6) is 0 Å². The Labute approximate surface area is 324 Å². The maximum atomic E-state index is 13.3. The number of carbonyl (C=O) groups is 7. The zero-order valence-electron chi connectivity index (χ0n) is 31.1. The molecule has 2 aliphatic heterocycles. The number of carbonyl (C=O) groups excluding carboxylic acids is 6. The third kappa shape index (κ3) is 12.9. The summed E-state index contributed by atoms with van der Waals surface area (Å²) >= 11 is 0.691. The van der Waals surface area contributed by atoms with Crippen molar-refractivity contribution in [2.24, 2.45) is 0 Å². The largest absolute Gasteiger partial charge is 0.477 e. The van der Waals surface area contributed by atoms with Crippen LogP contribution in [-0.2, 0) is 47.8 Å². The van der Waals surface area contributed by atoms with Crippen LogP contribution in [0, 0.1) is 0 Å². The van der Waals surface area contributed by atoms with Crippen molar-refractivity contribution in [2.45, 2.75) is 118 Å². The highest BCUT2D eigenvalue weighted by Crippen LogP contribution is 2.35. The number of likely N-dealkylation sites (N-methyl/N-ethyl adjacent to an activating group) is 1. The molecule has 2 fully saturated rings. The van der Waals surface area contributed by atoms with Gasteiger partial charge in [-0.1, -0.05) is 0 Å². The Hall–Kier alpha value is -3.76. The van der Waals surface area contributed by atoms with E-state index in [4.69, 9.17) is 14.2 Å². The number of aliphatic hydroxyl groups excluding tert-OH is 7. The van der Waals surface area contributed by atoms with Crippen molar-refractivity contribution in [3.05, 3.63) is 0 Å². The number of ether oxygens (including phenoxy) is 3. The minimum atomic E-state index is -2.85. The second-order valence-electron chi connectivity index (χ2n) is 13.1.